The van der Waals surface area contributed by atoms with Crippen molar-refractivity contribution in [1.29, 1.82) is 0 Å². The van der Waals surface area contributed by atoms with Crippen LogP contribution in [0, 0.1) is 11.3 Å². The molecule has 0 aromatic heterocycles. The van der Waals surface area contributed by atoms with Crippen molar-refractivity contribution in [2.24, 2.45) is 11.3 Å². The number of carbonyl (C=O) groups excluding carboxylic acids is 5. The third-order valence-corrected chi connectivity index (χ3v) is 10.5. The molecule has 2 fully saturated rings. The molecule has 286 valence electrons. The van der Waals surface area contributed by atoms with E-state index in [1.807, 2.05) is 48.5 Å². The fraction of sp³-hybridized carbons (Fsp3) is 0.800. The summed E-state index contributed by atoms with van der Waals surface area (Å²) in [7, 11) is -2.07. The van der Waals surface area contributed by atoms with E-state index in [0.29, 0.717) is 19.3 Å². The van der Waals surface area contributed by atoms with Crippen molar-refractivity contribution in [3.05, 3.63) is 12.7 Å². The minimum Gasteiger partial charge on any atom is -0.371 e. The van der Waals surface area contributed by atoms with E-state index in [1.54, 1.807) is 0 Å². The van der Waals surface area contributed by atoms with E-state index in [-0.39, 0.29) is 38.4 Å². The van der Waals surface area contributed by atoms with E-state index >= 15 is 0 Å². The predicted octanol–water partition coefficient (Wildman–Crippen LogP) is 2.48. The van der Waals surface area contributed by atoms with Gasteiger partial charge in [0.2, 0.25) is 27.6 Å². The zero-order valence-corrected chi connectivity index (χ0v) is 32.4. The van der Waals surface area contributed by atoms with Gasteiger partial charge in [0, 0.05) is 39.1 Å². The Labute approximate surface area is 299 Å². The minimum atomic E-state index is -3.51. The average molecular weight is 727 g/mol. The van der Waals surface area contributed by atoms with Gasteiger partial charge in [-0.25, -0.2) is 17.5 Å². The Morgan fingerprint density at radius 3 is 2.14 bits per heavy atom. The number of rotatable bonds is 16. The molecule has 1 heterocycles. The van der Waals surface area contributed by atoms with E-state index in [2.05, 4.69) is 27.8 Å². The van der Waals surface area contributed by atoms with Crippen molar-refractivity contribution in [2.75, 3.05) is 32.9 Å². The molecule has 1 aliphatic heterocycles. The SMILES string of the molecule is C=CCNC(=O)C(=O)C(CCC)NC(=O)[C@@H]1C[C@@H](OC(C)(C)C)CN1C(=O)[C@@H](NC(=O)N[C@H](CN(C)S(C)(=O)=O)C(C)(C)C)C1CCCCC1. The molecule has 0 radical (unpaired) electrons. The minimum absolute atomic E-state index is 0.0290. The standard InChI is InChI=1S/C35H62N6O8S/c1-11-16-25(29(42)31(44)36-19-12-2)37-30(43)26-20-24(49-35(6,7)8)21-41(26)32(45)28(23-17-14-13-15-18-23)39-33(46)38-27(34(3,4)5)22-40(9)50(10,47)48/h12,23-28H,2,11,13-22H2,1,3-10H3,(H,36,44)(H,37,43)(H2,38,39,46)/t24-,25?,26+,27-,28+/m1/s1. The number of nitrogens with one attached hydrogen (secondary N) is 4. The average Bonchev–Trinajstić information content (AvgIpc) is 3.43. The molecule has 0 aromatic carbocycles. The highest BCUT2D eigenvalue weighted by Crippen LogP contribution is 2.31. The van der Waals surface area contributed by atoms with Crippen molar-refractivity contribution in [3.8, 4) is 0 Å². The second-order valence-corrected chi connectivity index (χ2v) is 17.9. The van der Waals surface area contributed by atoms with Gasteiger partial charge in [0.1, 0.15) is 12.1 Å². The number of carbonyl (C=O) groups is 5. The quantitative estimate of drug-likeness (QED) is 0.138. The molecule has 1 unspecified atom stereocenters. The van der Waals surface area contributed by atoms with Crippen molar-refractivity contribution in [3.63, 3.8) is 0 Å². The lowest BCUT2D eigenvalue weighted by Gasteiger charge is -2.37. The number of likely N-dealkylation sites (tertiary alicyclic amines) is 1. The largest absolute Gasteiger partial charge is 0.371 e. The molecule has 0 aromatic rings. The van der Waals surface area contributed by atoms with E-state index in [9.17, 15) is 32.4 Å². The van der Waals surface area contributed by atoms with Crippen LogP contribution in [0.4, 0.5) is 4.79 Å². The second kappa shape index (κ2) is 18.5. The molecule has 0 spiro atoms. The van der Waals surface area contributed by atoms with Gasteiger partial charge in [-0.05, 0) is 51.4 Å². The molecule has 4 N–H and O–H groups in total. The molecule has 5 atom stereocenters. The fourth-order valence-electron chi connectivity index (χ4n) is 6.41. The van der Waals surface area contributed by atoms with Gasteiger partial charge in [-0.1, -0.05) is 59.5 Å². The summed E-state index contributed by atoms with van der Waals surface area (Å²) in [4.78, 5) is 69.1. The lowest BCUT2D eigenvalue weighted by Crippen LogP contribution is -2.60. The number of hydrogen-bond donors (Lipinski definition) is 4. The van der Waals surface area contributed by atoms with Crippen LogP contribution in [0.2, 0.25) is 0 Å². The zero-order chi connectivity index (χ0) is 38.0. The molecule has 1 saturated carbocycles. The van der Waals surface area contributed by atoms with Gasteiger partial charge in [-0.3, -0.25) is 19.2 Å². The third kappa shape index (κ3) is 13.3. The number of likely N-dealkylation sites (N-methyl/N-ethyl adjacent to an activating group) is 1. The Morgan fingerprint density at radius 2 is 1.62 bits per heavy atom. The van der Waals surface area contributed by atoms with E-state index in [0.717, 1.165) is 25.5 Å². The van der Waals surface area contributed by atoms with Gasteiger partial charge in [0.15, 0.2) is 0 Å². The third-order valence-electron chi connectivity index (χ3n) is 9.24. The smallest absolute Gasteiger partial charge is 0.315 e. The van der Waals surface area contributed by atoms with Crippen molar-refractivity contribution < 1.29 is 37.1 Å². The van der Waals surface area contributed by atoms with E-state index < -0.39 is 80.8 Å². The molecule has 15 heteroatoms. The van der Waals surface area contributed by atoms with Crippen molar-refractivity contribution in [2.45, 2.75) is 136 Å². The van der Waals surface area contributed by atoms with Crippen molar-refractivity contribution in [1.82, 2.24) is 30.5 Å². The van der Waals surface area contributed by atoms with Crippen LogP contribution in [-0.4, -0.2) is 116 Å². The summed E-state index contributed by atoms with van der Waals surface area (Å²) in [5.41, 5.74) is -1.10. The molecule has 1 saturated heterocycles. The topological polar surface area (TPSA) is 183 Å². The molecular formula is C35H62N6O8S. The Hall–Kier alpha value is -3.04. The maximum absolute atomic E-state index is 14.6. The highest BCUT2D eigenvalue weighted by molar-refractivity contribution is 7.88. The number of nitrogens with zero attached hydrogens (tertiary/aromatic N) is 2. The number of sulfonamides is 1. The number of urea groups is 1. The Bertz CT molecular complexity index is 1320. The van der Waals surface area contributed by atoms with Crippen LogP contribution in [0.15, 0.2) is 12.7 Å². The first-order valence-corrected chi connectivity index (χ1v) is 19.6. The number of hydrogen-bond acceptors (Lipinski definition) is 8. The van der Waals surface area contributed by atoms with Crippen LogP contribution >= 0.6 is 0 Å². The van der Waals surface area contributed by atoms with E-state index in [1.165, 1.54) is 22.3 Å². The lowest BCUT2D eigenvalue weighted by molar-refractivity contribution is -0.143. The predicted molar refractivity (Wildman–Crippen MR) is 193 cm³/mol. The summed E-state index contributed by atoms with van der Waals surface area (Å²) in [6.45, 7) is 16.9. The summed E-state index contributed by atoms with van der Waals surface area (Å²) in [5.74, 6) is -2.82. The normalized spacial score (nSPS) is 20.8. The molecular weight excluding hydrogens is 664 g/mol. The summed E-state index contributed by atoms with van der Waals surface area (Å²) in [6, 6.07) is -4.27. The highest BCUT2D eigenvalue weighted by Gasteiger charge is 2.46. The second-order valence-electron chi connectivity index (χ2n) is 15.8. The molecule has 0 bridgehead atoms. The highest BCUT2D eigenvalue weighted by atomic mass is 32.2. The Balaban J connectivity index is 2.42. The van der Waals surface area contributed by atoms with Crippen LogP contribution in [-0.2, 0) is 33.9 Å². The molecule has 2 rings (SSSR count). The maximum Gasteiger partial charge on any atom is 0.315 e. The number of ketones is 1. The van der Waals surface area contributed by atoms with Gasteiger partial charge in [0.05, 0.1) is 24.0 Å². The summed E-state index contributed by atoms with van der Waals surface area (Å²) in [5, 5.41) is 11.0. The number of Topliss-reactive ketones (excluding diaryl/α,β-unsaturated/α-hetero) is 1. The van der Waals surface area contributed by atoms with Crippen LogP contribution < -0.4 is 21.3 Å². The molecule has 14 nitrogen and oxygen atoms in total. The first kappa shape index (κ1) is 43.1. The molecule has 2 aliphatic rings. The van der Waals surface area contributed by atoms with Gasteiger partial charge in [-0.15, -0.1) is 6.58 Å². The monoisotopic (exact) mass is 726 g/mol. The van der Waals surface area contributed by atoms with Gasteiger partial charge in [0.25, 0.3) is 5.91 Å². The maximum atomic E-state index is 14.6. The van der Waals surface area contributed by atoms with E-state index in [4.69, 9.17) is 4.74 Å². The Morgan fingerprint density at radius 1 is 1.00 bits per heavy atom. The van der Waals surface area contributed by atoms with Crippen molar-refractivity contribution >= 4 is 39.6 Å². The summed E-state index contributed by atoms with van der Waals surface area (Å²) in [6.07, 6.45) is 7.15. The first-order chi connectivity index (χ1) is 23.1. The zero-order valence-electron chi connectivity index (χ0n) is 31.6. The van der Waals surface area contributed by atoms with Gasteiger partial charge < -0.3 is 30.9 Å². The van der Waals surface area contributed by atoms with Crippen LogP contribution in [0.3, 0.4) is 0 Å². The lowest BCUT2D eigenvalue weighted by atomic mass is 9.83. The van der Waals surface area contributed by atoms with Crippen LogP contribution in [0.25, 0.3) is 0 Å². The molecule has 50 heavy (non-hydrogen) atoms. The molecule has 5 amide bonds. The number of amides is 5. The Kier molecular flexibility index (Phi) is 15.9. The fourth-order valence-corrected chi connectivity index (χ4v) is 6.83. The van der Waals surface area contributed by atoms with Gasteiger partial charge >= 0.3 is 6.03 Å². The molecule has 1 aliphatic carbocycles. The number of ether oxygens (including phenoxy) is 1. The first-order valence-electron chi connectivity index (χ1n) is 17.8. The summed E-state index contributed by atoms with van der Waals surface area (Å²) < 4.78 is 31.8. The van der Waals surface area contributed by atoms with Gasteiger partial charge in [-0.2, -0.15) is 0 Å². The van der Waals surface area contributed by atoms with Crippen LogP contribution in [0.1, 0.15) is 99.8 Å². The van der Waals surface area contributed by atoms with Crippen LogP contribution in [0.5, 0.6) is 0 Å². The summed E-state index contributed by atoms with van der Waals surface area (Å²) >= 11 is 0.